The Bertz CT molecular complexity index is 725. The van der Waals surface area contributed by atoms with Crippen LogP contribution in [0, 0.1) is 6.92 Å². The molecule has 23 heavy (non-hydrogen) atoms. The SMILES string of the molecule is CCC(C)n1ncc2c(C(=O)N3CCC[C@@H]3CO)cc(C)nc21. The van der Waals surface area contributed by atoms with Crippen LogP contribution in [-0.2, 0) is 0 Å². The first kappa shape index (κ1) is 15.9. The summed E-state index contributed by atoms with van der Waals surface area (Å²) < 4.78 is 1.90. The molecule has 1 fully saturated rings. The highest BCUT2D eigenvalue weighted by Gasteiger charge is 2.30. The van der Waals surface area contributed by atoms with Gasteiger partial charge >= 0.3 is 0 Å². The maximum Gasteiger partial charge on any atom is 0.255 e. The molecule has 1 N–H and O–H groups in total. The number of aliphatic hydroxyl groups excluding tert-OH is 1. The van der Waals surface area contributed by atoms with Crippen LogP contribution in [0.4, 0.5) is 0 Å². The Morgan fingerprint density at radius 3 is 3.00 bits per heavy atom. The molecule has 1 aliphatic heterocycles. The van der Waals surface area contributed by atoms with Gasteiger partial charge in [-0.2, -0.15) is 5.10 Å². The lowest BCUT2D eigenvalue weighted by atomic mass is 10.1. The van der Waals surface area contributed by atoms with Gasteiger partial charge in [0, 0.05) is 12.2 Å². The zero-order chi connectivity index (χ0) is 16.6. The van der Waals surface area contributed by atoms with Gasteiger partial charge in [0.15, 0.2) is 5.65 Å². The average Bonchev–Trinajstić information content (AvgIpc) is 3.18. The minimum atomic E-state index is -0.0735. The van der Waals surface area contributed by atoms with Crippen LogP contribution in [0.1, 0.15) is 55.2 Å². The number of aryl methyl sites for hydroxylation is 1. The van der Waals surface area contributed by atoms with Crippen LogP contribution in [0.3, 0.4) is 0 Å². The number of likely N-dealkylation sites (tertiary alicyclic amines) is 1. The molecule has 2 aromatic rings. The van der Waals surface area contributed by atoms with Gasteiger partial charge in [-0.15, -0.1) is 0 Å². The largest absolute Gasteiger partial charge is 0.394 e. The Hall–Kier alpha value is -1.95. The molecule has 3 rings (SSSR count). The number of carbonyl (C=O) groups excluding carboxylic acids is 1. The molecule has 1 unspecified atom stereocenters. The minimum Gasteiger partial charge on any atom is -0.394 e. The van der Waals surface area contributed by atoms with Gasteiger partial charge in [-0.1, -0.05) is 6.92 Å². The highest BCUT2D eigenvalue weighted by molar-refractivity contribution is 6.05. The van der Waals surface area contributed by atoms with Gasteiger partial charge in [0.25, 0.3) is 5.91 Å². The number of fused-ring (bicyclic) bond motifs is 1. The monoisotopic (exact) mass is 316 g/mol. The lowest BCUT2D eigenvalue weighted by Crippen LogP contribution is -2.37. The van der Waals surface area contributed by atoms with E-state index in [-0.39, 0.29) is 24.6 Å². The van der Waals surface area contributed by atoms with Crippen LogP contribution in [0.25, 0.3) is 11.0 Å². The zero-order valence-corrected chi connectivity index (χ0v) is 14.0. The fourth-order valence-corrected chi connectivity index (χ4v) is 3.26. The van der Waals surface area contributed by atoms with Gasteiger partial charge in [-0.3, -0.25) is 4.79 Å². The molecule has 0 radical (unpaired) electrons. The average molecular weight is 316 g/mol. The molecular weight excluding hydrogens is 292 g/mol. The van der Waals surface area contributed by atoms with E-state index in [0.717, 1.165) is 36.0 Å². The first-order valence-corrected chi connectivity index (χ1v) is 8.33. The maximum absolute atomic E-state index is 13.0. The lowest BCUT2D eigenvalue weighted by Gasteiger charge is -2.23. The van der Waals surface area contributed by atoms with Crippen LogP contribution in [0.15, 0.2) is 12.3 Å². The number of aliphatic hydroxyl groups is 1. The van der Waals surface area contributed by atoms with E-state index in [9.17, 15) is 9.90 Å². The summed E-state index contributed by atoms with van der Waals surface area (Å²) in [7, 11) is 0. The predicted molar refractivity (Wildman–Crippen MR) is 88.4 cm³/mol. The van der Waals surface area contributed by atoms with Crippen LogP contribution < -0.4 is 0 Å². The van der Waals surface area contributed by atoms with Gasteiger partial charge in [0.2, 0.25) is 0 Å². The zero-order valence-electron chi connectivity index (χ0n) is 14.0. The molecule has 1 amide bonds. The third-order valence-electron chi connectivity index (χ3n) is 4.78. The number of hydrogen-bond donors (Lipinski definition) is 1. The number of hydrogen-bond acceptors (Lipinski definition) is 4. The second-order valence-corrected chi connectivity index (χ2v) is 6.37. The molecule has 6 nitrogen and oxygen atoms in total. The number of pyridine rings is 1. The molecular formula is C17H24N4O2. The summed E-state index contributed by atoms with van der Waals surface area (Å²) in [6.45, 7) is 6.82. The number of carbonyl (C=O) groups is 1. The van der Waals surface area contributed by atoms with E-state index in [4.69, 9.17) is 0 Å². The van der Waals surface area contributed by atoms with Gasteiger partial charge < -0.3 is 10.0 Å². The Morgan fingerprint density at radius 1 is 1.52 bits per heavy atom. The molecule has 0 spiro atoms. The predicted octanol–water partition coefficient (Wildman–Crippen LogP) is 2.31. The second kappa shape index (κ2) is 6.28. The highest BCUT2D eigenvalue weighted by Crippen LogP contribution is 2.26. The molecule has 0 saturated carbocycles. The first-order chi connectivity index (χ1) is 11.1. The van der Waals surface area contributed by atoms with Crippen molar-refractivity contribution in [2.45, 2.75) is 52.1 Å². The summed E-state index contributed by atoms with van der Waals surface area (Å²) in [4.78, 5) is 19.4. The molecule has 0 aliphatic carbocycles. The Balaban J connectivity index is 2.07. The van der Waals surface area contributed by atoms with Crippen LogP contribution in [-0.4, -0.2) is 49.9 Å². The molecule has 2 atom stereocenters. The van der Waals surface area contributed by atoms with Crippen LogP contribution in [0.5, 0.6) is 0 Å². The van der Waals surface area contributed by atoms with E-state index >= 15 is 0 Å². The minimum absolute atomic E-state index is 0.0189. The van der Waals surface area contributed by atoms with Gasteiger partial charge in [-0.25, -0.2) is 9.67 Å². The number of rotatable bonds is 4. The van der Waals surface area contributed by atoms with E-state index in [0.29, 0.717) is 12.1 Å². The van der Waals surface area contributed by atoms with Crippen molar-refractivity contribution in [1.29, 1.82) is 0 Å². The smallest absolute Gasteiger partial charge is 0.255 e. The molecule has 2 aromatic heterocycles. The number of aromatic nitrogens is 3. The molecule has 124 valence electrons. The lowest BCUT2D eigenvalue weighted by molar-refractivity contribution is 0.0679. The van der Waals surface area contributed by atoms with Crippen LogP contribution >= 0.6 is 0 Å². The van der Waals surface area contributed by atoms with E-state index in [1.54, 1.807) is 11.1 Å². The van der Waals surface area contributed by atoms with Crippen molar-refractivity contribution >= 4 is 16.9 Å². The van der Waals surface area contributed by atoms with Gasteiger partial charge in [0.1, 0.15) is 0 Å². The normalized spacial score (nSPS) is 19.5. The summed E-state index contributed by atoms with van der Waals surface area (Å²) in [5.74, 6) is -0.0271. The molecule has 1 saturated heterocycles. The second-order valence-electron chi connectivity index (χ2n) is 6.37. The highest BCUT2D eigenvalue weighted by atomic mass is 16.3. The van der Waals surface area contributed by atoms with Crippen LogP contribution in [0.2, 0.25) is 0 Å². The fourth-order valence-electron chi connectivity index (χ4n) is 3.26. The van der Waals surface area contributed by atoms with E-state index in [1.807, 2.05) is 17.7 Å². The third-order valence-corrected chi connectivity index (χ3v) is 4.78. The van der Waals surface area contributed by atoms with Gasteiger partial charge in [-0.05, 0) is 39.2 Å². The van der Waals surface area contributed by atoms with Gasteiger partial charge in [0.05, 0.1) is 35.8 Å². The summed E-state index contributed by atoms with van der Waals surface area (Å²) in [6, 6.07) is 2.00. The van der Waals surface area contributed by atoms with Crippen molar-refractivity contribution in [3.05, 3.63) is 23.5 Å². The fraction of sp³-hybridized carbons (Fsp3) is 0.588. The molecule has 1 aliphatic rings. The Morgan fingerprint density at radius 2 is 2.30 bits per heavy atom. The maximum atomic E-state index is 13.0. The van der Waals surface area contributed by atoms with E-state index in [1.165, 1.54) is 0 Å². The number of nitrogens with zero attached hydrogens (tertiary/aromatic N) is 4. The van der Waals surface area contributed by atoms with Crippen molar-refractivity contribution in [1.82, 2.24) is 19.7 Å². The molecule has 0 aromatic carbocycles. The standard InChI is InChI=1S/C17H24N4O2/c1-4-12(3)21-16-15(9-18-21)14(8-11(2)19-16)17(23)20-7-5-6-13(20)10-22/h8-9,12-13,22H,4-7,10H2,1-3H3/t12?,13-/m1/s1. The molecule has 0 bridgehead atoms. The van der Waals surface area contributed by atoms with Crippen molar-refractivity contribution in [3.8, 4) is 0 Å². The van der Waals surface area contributed by atoms with Crippen molar-refractivity contribution in [2.75, 3.05) is 13.2 Å². The third kappa shape index (κ3) is 2.72. The Labute approximate surface area is 136 Å². The summed E-state index contributed by atoms with van der Waals surface area (Å²) in [5.41, 5.74) is 2.22. The Kier molecular flexibility index (Phi) is 4.35. The summed E-state index contributed by atoms with van der Waals surface area (Å²) >= 11 is 0. The first-order valence-electron chi connectivity index (χ1n) is 8.33. The molecule has 3 heterocycles. The quantitative estimate of drug-likeness (QED) is 0.939. The van der Waals surface area contributed by atoms with Crippen molar-refractivity contribution < 1.29 is 9.90 Å². The van der Waals surface area contributed by atoms with E-state index < -0.39 is 0 Å². The molecule has 6 heteroatoms. The topological polar surface area (TPSA) is 71.2 Å². The van der Waals surface area contributed by atoms with Crippen molar-refractivity contribution in [2.24, 2.45) is 0 Å². The van der Waals surface area contributed by atoms with E-state index in [2.05, 4.69) is 23.9 Å². The summed E-state index contributed by atoms with van der Waals surface area (Å²) in [6.07, 6.45) is 4.50. The number of amides is 1. The van der Waals surface area contributed by atoms with Crippen molar-refractivity contribution in [3.63, 3.8) is 0 Å². The summed E-state index contributed by atoms with van der Waals surface area (Å²) in [5, 5.41) is 14.7.